The molecule has 1 saturated carbocycles. The molecule has 0 amide bonds. The van der Waals surface area contributed by atoms with Crippen molar-refractivity contribution in [2.75, 3.05) is 0 Å². The topological polar surface area (TPSA) is 37.4 Å². The second kappa shape index (κ2) is 6.42. The minimum absolute atomic E-state index is 0.0227. The van der Waals surface area contributed by atoms with Crippen LogP contribution in [0.2, 0.25) is 0 Å². The fraction of sp³-hybridized carbons (Fsp3) is 0.333. The van der Waals surface area contributed by atoms with E-state index in [-0.39, 0.29) is 23.3 Å². The number of aryl methyl sites for hydroxylation is 1. The highest BCUT2D eigenvalue weighted by Gasteiger charge is 2.38. The third-order valence-electron chi connectivity index (χ3n) is 4.18. The van der Waals surface area contributed by atoms with Gasteiger partial charge in [0.05, 0.1) is 4.90 Å². The molecule has 0 spiro atoms. The van der Waals surface area contributed by atoms with E-state index in [0.717, 1.165) is 24.8 Å². The van der Waals surface area contributed by atoms with E-state index in [1.807, 2.05) is 19.1 Å². The third kappa shape index (κ3) is 3.46. The van der Waals surface area contributed by atoms with Crippen molar-refractivity contribution in [2.24, 2.45) is 0 Å². The van der Waals surface area contributed by atoms with Crippen LogP contribution < -0.4 is 0 Å². The molecule has 0 radical (unpaired) electrons. The van der Waals surface area contributed by atoms with Gasteiger partial charge in [-0.2, -0.15) is 4.31 Å². The Kier molecular flexibility index (Phi) is 4.50. The number of halogens is 1. The first-order chi connectivity index (χ1) is 11.0. The fourth-order valence-corrected chi connectivity index (χ4v) is 4.26. The highest BCUT2D eigenvalue weighted by molar-refractivity contribution is 7.89. The summed E-state index contributed by atoms with van der Waals surface area (Å²) in [7, 11) is -3.61. The predicted octanol–water partition coefficient (Wildman–Crippen LogP) is 3.74. The zero-order chi connectivity index (χ0) is 16.4. The number of hydrogen-bond donors (Lipinski definition) is 0. The van der Waals surface area contributed by atoms with Crippen LogP contribution in [-0.2, 0) is 23.0 Å². The van der Waals surface area contributed by atoms with E-state index in [0.29, 0.717) is 5.56 Å². The Balaban J connectivity index is 1.92. The van der Waals surface area contributed by atoms with Gasteiger partial charge in [-0.05, 0) is 43.0 Å². The highest BCUT2D eigenvalue weighted by Crippen LogP contribution is 2.34. The predicted molar refractivity (Wildman–Crippen MR) is 88.0 cm³/mol. The standard InChI is InChI=1S/C18H20FNO2S/c1-2-14-7-11-17(12-8-14)23(21,22)20(16-9-10-16)13-15-5-3-4-6-18(15)19/h3-8,11-12,16H,2,9-10,13H2,1H3. The normalized spacial score (nSPS) is 15.1. The van der Waals surface area contributed by atoms with Crippen LogP contribution in [0.25, 0.3) is 0 Å². The lowest BCUT2D eigenvalue weighted by Crippen LogP contribution is -2.33. The molecule has 2 aromatic carbocycles. The largest absolute Gasteiger partial charge is 0.243 e. The number of rotatable bonds is 6. The van der Waals surface area contributed by atoms with Crippen molar-refractivity contribution >= 4 is 10.0 Å². The van der Waals surface area contributed by atoms with Crippen molar-refractivity contribution in [3.63, 3.8) is 0 Å². The van der Waals surface area contributed by atoms with Crippen LogP contribution in [0.5, 0.6) is 0 Å². The number of hydrogen-bond acceptors (Lipinski definition) is 2. The molecular formula is C18H20FNO2S. The zero-order valence-corrected chi connectivity index (χ0v) is 13.9. The molecule has 1 aliphatic rings. The summed E-state index contributed by atoms with van der Waals surface area (Å²) in [5.74, 6) is -0.366. The SMILES string of the molecule is CCc1ccc(S(=O)(=O)N(Cc2ccccc2F)C2CC2)cc1. The van der Waals surface area contributed by atoms with E-state index in [1.165, 1.54) is 10.4 Å². The van der Waals surface area contributed by atoms with Crippen LogP contribution in [0.4, 0.5) is 4.39 Å². The van der Waals surface area contributed by atoms with Crippen molar-refractivity contribution in [1.29, 1.82) is 0 Å². The van der Waals surface area contributed by atoms with Gasteiger partial charge in [0.15, 0.2) is 0 Å². The number of sulfonamides is 1. The molecule has 1 aliphatic carbocycles. The van der Waals surface area contributed by atoms with Gasteiger partial charge in [0.2, 0.25) is 10.0 Å². The molecule has 2 aromatic rings. The molecule has 3 rings (SSSR count). The monoisotopic (exact) mass is 333 g/mol. The molecule has 0 aliphatic heterocycles. The minimum Gasteiger partial charge on any atom is -0.207 e. The molecule has 0 heterocycles. The van der Waals surface area contributed by atoms with Crippen LogP contribution in [0.15, 0.2) is 53.4 Å². The first-order valence-corrected chi connectivity index (χ1v) is 9.30. The maximum atomic E-state index is 13.9. The van der Waals surface area contributed by atoms with Gasteiger partial charge in [-0.25, -0.2) is 12.8 Å². The molecule has 0 aromatic heterocycles. The summed E-state index contributed by atoms with van der Waals surface area (Å²) in [6.07, 6.45) is 2.53. The summed E-state index contributed by atoms with van der Waals surface area (Å²) in [4.78, 5) is 0.276. The van der Waals surface area contributed by atoms with Gasteiger partial charge in [-0.3, -0.25) is 0 Å². The zero-order valence-electron chi connectivity index (χ0n) is 13.1. The summed E-state index contributed by atoms with van der Waals surface area (Å²) >= 11 is 0. The van der Waals surface area contributed by atoms with Crippen LogP contribution in [0.1, 0.15) is 30.9 Å². The quantitative estimate of drug-likeness (QED) is 0.807. The van der Waals surface area contributed by atoms with Crippen molar-refractivity contribution < 1.29 is 12.8 Å². The van der Waals surface area contributed by atoms with Gasteiger partial charge in [-0.15, -0.1) is 0 Å². The molecule has 23 heavy (non-hydrogen) atoms. The maximum absolute atomic E-state index is 13.9. The van der Waals surface area contributed by atoms with E-state index in [2.05, 4.69) is 0 Å². The Hall–Kier alpha value is -1.72. The minimum atomic E-state index is -3.61. The molecule has 0 atom stereocenters. The summed E-state index contributed by atoms with van der Waals surface area (Å²) in [6, 6.07) is 13.3. The summed E-state index contributed by atoms with van der Waals surface area (Å²) in [6.45, 7) is 2.10. The van der Waals surface area contributed by atoms with Crippen LogP contribution in [-0.4, -0.2) is 18.8 Å². The van der Waals surface area contributed by atoms with Crippen LogP contribution >= 0.6 is 0 Å². The smallest absolute Gasteiger partial charge is 0.207 e. The Bertz CT molecular complexity index is 783. The molecule has 1 fully saturated rings. The Morgan fingerprint density at radius 1 is 1.09 bits per heavy atom. The summed E-state index contributed by atoms with van der Waals surface area (Å²) in [5.41, 5.74) is 1.50. The van der Waals surface area contributed by atoms with Gasteiger partial charge < -0.3 is 0 Å². The van der Waals surface area contributed by atoms with Crippen LogP contribution in [0.3, 0.4) is 0 Å². The molecule has 0 unspecified atom stereocenters. The fourth-order valence-electron chi connectivity index (χ4n) is 2.60. The van der Waals surface area contributed by atoms with Gasteiger partial charge in [0, 0.05) is 18.2 Å². The van der Waals surface area contributed by atoms with Crippen LogP contribution in [0, 0.1) is 5.82 Å². The molecule has 3 nitrogen and oxygen atoms in total. The maximum Gasteiger partial charge on any atom is 0.243 e. The average Bonchev–Trinajstić information content (AvgIpc) is 3.38. The summed E-state index contributed by atoms with van der Waals surface area (Å²) in [5, 5.41) is 0. The molecular weight excluding hydrogens is 313 g/mol. The van der Waals surface area contributed by atoms with E-state index in [1.54, 1.807) is 30.3 Å². The number of nitrogens with zero attached hydrogens (tertiary/aromatic N) is 1. The molecule has 5 heteroatoms. The highest BCUT2D eigenvalue weighted by atomic mass is 32.2. The van der Waals surface area contributed by atoms with E-state index in [9.17, 15) is 12.8 Å². The molecule has 0 saturated heterocycles. The first kappa shape index (κ1) is 16.1. The van der Waals surface area contributed by atoms with Crippen molar-refractivity contribution in [1.82, 2.24) is 4.31 Å². The van der Waals surface area contributed by atoms with Gasteiger partial charge >= 0.3 is 0 Å². The second-order valence-corrected chi connectivity index (χ2v) is 7.76. The van der Waals surface area contributed by atoms with E-state index < -0.39 is 10.0 Å². The van der Waals surface area contributed by atoms with Gasteiger partial charge in [-0.1, -0.05) is 37.3 Å². The van der Waals surface area contributed by atoms with E-state index >= 15 is 0 Å². The Morgan fingerprint density at radius 3 is 2.30 bits per heavy atom. The van der Waals surface area contributed by atoms with Crippen molar-refractivity contribution in [3.8, 4) is 0 Å². The lowest BCUT2D eigenvalue weighted by atomic mass is 10.2. The molecule has 0 N–H and O–H groups in total. The first-order valence-electron chi connectivity index (χ1n) is 7.86. The molecule has 0 bridgehead atoms. The molecule has 122 valence electrons. The van der Waals surface area contributed by atoms with E-state index in [4.69, 9.17) is 0 Å². The number of benzene rings is 2. The second-order valence-electron chi connectivity index (χ2n) is 5.87. The Labute approximate surface area is 136 Å². The lowest BCUT2D eigenvalue weighted by molar-refractivity contribution is 0.391. The average molecular weight is 333 g/mol. The van der Waals surface area contributed by atoms with Crippen molar-refractivity contribution in [3.05, 3.63) is 65.5 Å². The lowest BCUT2D eigenvalue weighted by Gasteiger charge is -2.22. The third-order valence-corrected chi connectivity index (χ3v) is 6.09. The van der Waals surface area contributed by atoms with Gasteiger partial charge in [0.25, 0.3) is 0 Å². The Morgan fingerprint density at radius 2 is 1.74 bits per heavy atom. The van der Waals surface area contributed by atoms with Gasteiger partial charge in [0.1, 0.15) is 5.82 Å². The van der Waals surface area contributed by atoms with Crippen molar-refractivity contribution in [2.45, 2.75) is 43.7 Å². The summed E-state index contributed by atoms with van der Waals surface area (Å²) < 4.78 is 41.2.